The van der Waals surface area contributed by atoms with Crippen LogP contribution in [-0.2, 0) is 0 Å². The van der Waals surface area contributed by atoms with E-state index >= 15 is 0 Å². The average molecular weight is 331 g/mol. The van der Waals surface area contributed by atoms with Gasteiger partial charge in [-0.25, -0.2) is 0 Å². The van der Waals surface area contributed by atoms with Crippen LogP contribution < -0.4 is 0 Å². The molecule has 0 heterocycles. The highest BCUT2D eigenvalue weighted by Gasteiger charge is 2.69. The zero-order chi connectivity index (χ0) is 17.6. The van der Waals surface area contributed by atoms with Crippen LogP contribution in [0, 0.1) is 44.8 Å². The van der Waals surface area contributed by atoms with Crippen LogP contribution in [0.2, 0.25) is 0 Å². The Balaban J connectivity index is 1.78. The van der Waals surface area contributed by atoms with E-state index in [-0.39, 0.29) is 0 Å². The van der Waals surface area contributed by atoms with Crippen molar-refractivity contribution >= 4 is 0 Å². The van der Waals surface area contributed by atoms with Gasteiger partial charge in [0.2, 0.25) is 0 Å². The lowest BCUT2D eigenvalue weighted by atomic mass is 9.33. The normalized spacial score (nSPS) is 59.4. The fourth-order valence-electron chi connectivity index (χ4n) is 9.29. The topological polar surface area (TPSA) is 0 Å². The lowest BCUT2D eigenvalue weighted by molar-refractivity contribution is -0.226. The molecular weight excluding hydrogens is 288 g/mol. The summed E-state index contributed by atoms with van der Waals surface area (Å²) in [7, 11) is 0. The summed E-state index contributed by atoms with van der Waals surface area (Å²) in [5.74, 6) is 2.81. The zero-order valence-electron chi connectivity index (χ0n) is 17.6. The van der Waals surface area contributed by atoms with E-state index < -0.39 is 0 Å². The van der Waals surface area contributed by atoms with Gasteiger partial charge in [0.15, 0.2) is 0 Å². The van der Waals surface area contributed by atoms with Gasteiger partial charge in [-0.15, -0.1) is 0 Å². The summed E-state index contributed by atoms with van der Waals surface area (Å²) in [4.78, 5) is 0. The lowest BCUT2D eigenvalue weighted by Crippen LogP contribution is -2.64. The molecule has 0 saturated heterocycles. The summed E-state index contributed by atoms with van der Waals surface area (Å²) in [5.41, 5.74) is 2.92. The van der Waals surface area contributed by atoms with Crippen molar-refractivity contribution in [2.75, 3.05) is 0 Å². The number of hydrogen-bond donors (Lipinski definition) is 0. The van der Waals surface area contributed by atoms with Crippen molar-refractivity contribution in [2.24, 2.45) is 44.8 Å². The summed E-state index contributed by atoms with van der Waals surface area (Å²) in [5, 5.41) is 0. The van der Waals surface area contributed by atoms with E-state index in [1.165, 1.54) is 57.8 Å². The first-order valence-corrected chi connectivity index (χ1v) is 11.0. The third-order valence-electron chi connectivity index (χ3n) is 11.6. The SMILES string of the molecule is CC1CCC2(C)C(CCC3(C)C2CCC2(C)CCC[C@]23C)C1(C)C. The van der Waals surface area contributed by atoms with E-state index in [0.717, 1.165) is 17.8 Å². The lowest BCUT2D eigenvalue weighted by Gasteiger charge is -2.71. The van der Waals surface area contributed by atoms with Crippen LogP contribution in [0.4, 0.5) is 0 Å². The Morgan fingerprint density at radius 1 is 0.667 bits per heavy atom. The van der Waals surface area contributed by atoms with Gasteiger partial charge in [0, 0.05) is 0 Å². The molecule has 4 rings (SSSR count). The van der Waals surface area contributed by atoms with Crippen LogP contribution in [-0.4, -0.2) is 0 Å². The van der Waals surface area contributed by atoms with Gasteiger partial charge in [-0.2, -0.15) is 0 Å². The van der Waals surface area contributed by atoms with Crippen molar-refractivity contribution in [1.82, 2.24) is 0 Å². The Hall–Kier alpha value is 0. The van der Waals surface area contributed by atoms with Crippen LogP contribution in [0.3, 0.4) is 0 Å². The van der Waals surface area contributed by atoms with E-state index in [4.69, 9.17) is 0 Å². The predicted octanol–water partition coefficient (Wildman–Crippen LogP) is 7.47. The number of fused-ring (bicyclic) bond motifs is 5. The monoisotopic (exact) mass is 330 g/mol. The first-order chi connectivity index (χ1) is 11.0. The third kappa shape index (κ3) is 1.77. The molecule has 4 aliphatic rings. The van der Waals surface area contributed by atoms with E-state index in [1.54, 1.807) is 0 Å². The van der Waals surface area contributed by atoms with Crippen molar-refractivity contribution in [3.63, 3.8) is 0 Å². The van der Waals surface area contributed by atoms with Crippen LogP contribution in [0.25, 0.3) is 0 Å². The Morgan fingerprint density at radius 3 is 2.04 bits per heavy atom. The molecule has 7 atom stereocenters. The Bertz CT molecular complexity index is 532. The zero-order valence-corrected chi connectivity index (χ0v) is 17.6. The van der Waals surface area contributed by atoms with Gasteiger partial charge in [0.1, 0.15) is 0 Å². The van der Waals surface area contributed by atoms with Gasteiger partial charge in [-0.3, -0.25) is 0 Å². The fraction of sp³-hybridized carbons (Fsp3) is 1.00. The molecule has 4 saturated carbocycles. The summed E-state index contributed by atoms with van der Waals surface area (Å²) >= 11 is 0. The summed E-state index contributed by atoms with van der Waals surface area (Å²) in [6.07, 6.45) is 13.4. The standard InChI is InChI=1S/C24H42/c1-17-9-15-22(5)18(20(17,2)3)11-16-23(6)19(22)10-14-21(4)12-8-13-24(21,23)7/h17-19H,8-16H2,1-7H3/t17?,18?,19?,21?,22?,23?,24-/m1/s1. The van der Waals surface area contributed by atoms with Gasteiger partial charge >= 0.3 is 0 Å². The molecule has 0 spiro atoms. The molecule has 4 aliphatic carbocycles. The molecular formula is C24H42. The Kier molecular flexibility index (Phi) is 3.51. The quantitative estimate of drug-likeness (QED) is 0.432. The molecule has 0 nitrogen and oxygen atoms in total. The largest absolute Gasteiger partial charge is 0.0620 e. The Morgan fingerprint density at radius 2 is 1.33 bits per heavy atom. The van der Waals surface area contributed by atoms with E-state index in [1.807, 2.05) is 0 Å². The van der Waals surface area contributed by atoms with Crippen molar-refractivity contribution in [3.05, 3.63) is 0 Å². The summed E-state index contributed by atoms with van der Waals surface area (Å²) < 4.78 is 0. The van der Waals surface area contributed by atoms with Crippen LogP contribution >= 0.6 is 0 Å². The molecule has 0 bridgehead atoms. The second kappa shape index (κ2) is 4.83. The van der Waals surface area contributed by atoms with Crippen molar-refractivity contribution in [1.29, 1.82) is 0 Å². The predicted molar refractivity (Wildman–Crippen MR) is 104 cm³/mol. The molecule has 24 heavy (non-hydrogen) atoms. The van der Waals surface area contributed by atoms with Gasteiger partial charge in [0.05, 0.1) is 0 Å². The Labute approximate surface area is 151 Å². The minimum atomic E-state index is 0.533. The number of hydrogen-bond acceptors (Lipinski definition) is 0. The van der Waals surface area contributed by atoms with Crippen molar-refractivity contribution in [3.8, 4) is 0 Å². The average Bonchev–Trinajstić information content (AvgIpc) is 2.81. The molecule has 0 aliphatic heterocycles. The van der Waals surface area contributed by atoms with Crippen molar-refractivity contribution in [2.45, 2.75) is 106 Å². The fourth-order valence-corrected chi connectivity index (χ4v) is 9.29. The molecule has 0 heteroatoms. The highest BCUT2D eigenvalue weighted by molar-refractivity contribution is 5.18. The van der Waals surface area contributed by atoms with E-state index in [0.29, 0.717) is 27.1 Å². The highest BCUT2D eigenvalue weighted by atomic mass is 14.7. The van der Waals surface area contributed by atoms with Gasteiger partial charge in [0.25, 0.3) is 0 Å². The van der Waals surface area contributed by atoms with Crippen LogP contribution in [0.5, 0.6) is 0 Å². The van der Waals surface area contributed by atoms with Crippen LogP contribution in [0.15, 0.2) is 0 Å². The molecule has 0 radical (unpaired) electrons. The summed E-state index contributed by atoms with van der Waals surface area (Å²) in [6.45, 7) is 18.6. The molecule has 6 unspecified atom stereocenters. The first kappa shape index (κ1) is 17.4. The van der Waals surface area contributed by atoms with E-state index in [2.05, 4.69) is 48.5 Å². The van der Waals surface area contributed by atoms with E-state index in [9.17, 15) is 0 Å². The minimum Gasteiger partial charge on any atom is -0.0620 e. The highest BCUT2D eigenvalue weighted by Crippen LogP contribution is 2.77. The number of rotatable bonds is 0. The minimum absolute atomic E-state index is 0.533. The van der Waals surface area contributed by atoms with Crippen molar-refractivity contribution < 1.29 is 0 Å². The van der Waals surface area contributed by atoms with Gasteiger partial charge in [-0.1, -0.05) is 54.9 Å². The molecule has 4 fully saturated rings. The second-order valence-corrected chi connectivity index (χ2v) is 12.1. The molecule has 138 valence electrons. The summed E-state index contributed by atoms with van der Waals surface area (Å²) in [6, 6.07) is 0. The smallest absolute Gasteiger partial charge is 0.0215 e. The molecule has 0 aromatic carbocycles. The molecule has 0 aromatic rings. The first-order valence-electron chi connectivity index (χ1n) is 11.0. The van der Waals surface area contributed by atoms with Gasteiger partial charge < -0.3 is 0 Å². The van der Waals surface area contributed by atoms with Gasteiger partial charge in [-0.05, 0) is 96.2 Å². The molecule has 0 aromatic heterocycles. The molecule has 0 N–H and O–H groups in total. The maximum Gasteiger partial charge on any atom is -0.0215 e. The van der Waals surface area contributed by atoms with Crippen LogP contribution in [0.1, 0.15) is 106 Å². The maximum atomic E-state index is 2.74. The maximum absolute atomic E-state index is 2.74. The third-order valence-corrected chi connectivity index (χ3v) is 11.6. The molecule has 0 amide bonds. The second-order valence-electron chi connectivity index (χ2n) is 12.1.